The predicted molar refractivity (Wildman–Crippen MR) is 154 cm³/mol. The van der Waals surface area contributed by atoms with E-state index < -0.39 is 20.2 Å². The Hall–Kier alpha value is -1.82. The minimum atomic E-state index is -4.31. The summed E-state index contributed by atoms with van der Waals surface area (Å²) in [5.41, 5.74) is 4.48. The van der Waals surface area contributed by atoms with E-state index in [-0.39, 0.29) is 68.9 Å². The summed E-state index contributed by atoms with van der Waals surface area (Å²) in [7, 11) is -8.61. The average molecular weight is 565 g/mol. The van der Waals surface area contributed by atoms with Gasteiger partial charge in [-0.2, -0.15) is 16.8 Å². The maximum Gasteiger partial charge on any atom is 0.295 e. The molecular formula is C28H22Na2O6S2. The van der Waals surface area contributed by atoms with Gasteiger partial charge in [-0.3, -0.25) is 9.11 Å². The van der Waals surface area contributed by atoms with Crippen molar-refractivity contribution in [3.05, 3.63) is 119 Å². The molecule has 4 aromatic rings. The number of benzene rings is 4. The van der Waals surface area contributed by atoms with Crippen molar-refractivity contribution in [2.45, 2.75) is 9.79 Å². The molecule has 0 saturated heterocycles. The monoisotopic (exact) mass is 564 g/mol. The van der Waals surface area contributed by atoms with Crippen molar-refractivity contribution < 1.29 is 25.9 Å². The van der Waals surface area contributed by atoms with Crippen molar-refractivity contribution in [3.8, 4) is 11.1 Å². The van der Waals surface area contributed by atoms with Crippen LogP contribution < -0.4 is 0 Å². The molecule has 10 heteroatoms. The van der Waals surface area contributed by atoms with E-state index in [1.54, 1.807) is 60.7 Å². The van der Waals surface area contributed by atoms with E-state index in [9.17, 15) is 25.9 Å². The van der Waals surface area contributed by atoms with Crippen LogP contribution in [0.2, 0.25) is 0 Å². The van der Waals surface area contributed by atoms with E-state index in [1.165, 1.54) is 12.1 Å². The van der Waals surface area contributed by atoms with E-state index >= 15 is 0 Å². The van der Waals surface area contributed by atoms with E-state index in [4.69, 9.17) is 0 Å². The van der Waals surface area contributed by atoms with Gasteiger partial charge >= 0.3 is 0 Å². The summed E-state index contributed by atoms with van der Waals surface area (Å²) >= 11 is 0. The Labute approximate surface area is 267 Å². The molecule has 2 radical (unpaired) electrons. The molecule has 0 aromatic heterocycles. The van der Waals surface area contributed by atoms with E-state index in [1.807, 2.05) is 48.5 Å². The van der Waals surface area contributed by atoms with Crippen molar-refractivity contribution in [1.29, 1.82) is 0 Å². The molecule has 0 unspecified atom stereocenters. The first-order valence-corrected chi connectivity index (χ1v) is 13.7. The van der Waals surface area contributed by atoms with Crippen LogP contribution in [0.15, 0.2) is 107 Å². The summed E-state index contributed by atoms with van der Waals surface area (Å²) in [5.74, 6) is 0. The van der Waals surface area contributed by atoms with Crippen molar-refractivity contribution in [2.75, 3.05) is 0 Å². The molecule has 0 heterocycles. The van der Waals surface area contributed by atoms with Gasteiger partial charge in [0.2, 0.25) is 0 Å². The topological polar surface area (TPSA) is 109 Å². The third-order valence-electron chi connectivity index (χ3n) is 5.46. The first-order valence-electron chi connectivity index (χ1n) is 10.8. The summed E-state index contributed by atoms with van der Waals surface area (Å²) in [4.78, 5) is -0.290. The van der Waals surface area contributed by atoms with Crippen LogP contribution in [0.1, 0.15) is 22.3 Å². The molecule has 0 saturated carbocycles. The van der Waals surface area contributed by atoms with Gasteiger partial charge < -0.3 is 0 Å². The van der Waals surface area contributed by atoms with Crippen molar-refractivity contribution in [3.63, 3.8) is 0 Å². The van der Waals surface area contributed by atoms with Gasteiger partial charge in [0, 0.05) is 59.1 Å². The van der Waals surface area contributed by atoms with Gasteiger partial charge in [0.15, 0.2) is 0 Å². The van der Waals surface area contributed by atoms with Crippen LogP contribution >= 0.6 is 0 Å². The molecule has 0 aliphatic carbocycles. The molecule has 0 bridgehead atoms. The Morgan fingerprint density at radius 1 is 0.447 bits per heavy atom. The SMILES string of the molecule is O=S(=O)(O)c1ccccc1C=Cc1ccc(-c2ccc(C=Cc3ccccc3S(=O)(=O)O)cc2)cc1.[Na].[Na]. The predicted octanol–water partition coefficient (Wildman–Crippen LogP) is 5.43. The van der Waals surface area contributed by atoms with E-state index in [0.717, 1.165) is 22.3 Å². The summed E-state index contributed by atoms with van der Waals surface area (Å²) in [6, 6.07) is 27.8. The third-order valence-corrected chi connectivity index (χ3v) is 7.31. The molecule has 0 spiro atoms. The van der Waals surface area contributed by atoms with Crippen molar-refractivity contribution in [2.24, 2.45) is 0 Å². The maximum atomic E-state index is 11.5. The van der Waals surface area contributed by atoms with Crippen LogP contribution in [0.25, 0.3) is 35.4 Å². The molecule has 2 N–H and O–H groups in total. The molecule has 0 atom stereocenters. The standard InChI is InChI=1S/C28H22O6S2.2Na/c29-35(30,31)27-7-3-1-5-25(27)19-13-21-9-15-23(16-10-21)24-17-11-22(12-18-24)14-20-26-6-2-4-8-28(26)36(32,33)34;;/h1-20H,(H,29,30,31)(H,32,33,34);;. The number of hydrogen-bond donors (Lipinski definition) is 2. The second-order valence-corrected chi connectivity index (χ2v) is 10.7. The fourth-order valence-electron chi connectivity index (χ4n) is 3.65. The second-order valence-electron chi connectivity index (χ2n) is 7.94. The summed E-state index contributed by atoms with van der Waals surface area (Å²) in [5, 5.41) is 0. The van der Waals surface area contributed by atoms with Gasteiger partial charge in [-0.25, -0.2) is 0 Å². The van der Waals surface area contributed by atoms with Crippen LogP contribution in [-0.4, -0.2) is 85.1 Å². The zero-order valence-corrected chi connectivity index (χ0v) is 26.5. The minimum absolute atomic E-state index is 0. The Balaban J connectivity index is 0.00000253. The van der Waals surface area contributed by atoms with Gasteiger partial charge in [0.05, 0.1) is 0 Å². The smallest absolute Gasteiger partial charge is 0.282 e. The zero-order chi connectivity index (χ0) is 25.8. The Kier molecular flexibility index (Phi) is 11.9. The second kappa shape index (κ2) is 14.0. The Morgan fingerprint density at radius 3 is 1.08 bits per heavy atom. The Morgan fingerprint density at radius 2 is 0.763 bits per heavy atom. The molecule has 6 nitrogen and oxygen atoms in total. The Bertz CT molecular complexity index is 1530. The molecule has 0 aliphatic rings. The van der Waals surface area contributed by atoms with Crippen LogP contribution in [0, 0.1) is 0 Å². The third kappa shape index (κ3) is 8.59. The quantitative estimate of drug-likeness (QED) is 0.176. The molecule has 4 aromatic carbocycles. The molecular weight excluding hydrogens is 542 g/mol. The van der Waals surface area contributed by atoms with Crippen LogP contribution in [0.5, 0.6) is 0 Å². The van der Waals surface area contributed by atoms with Crippen LogP contribution in [0.3, 0.4) is 0 Å². The van der Waals surface area contributed by atoms with Gasteiger partial charge in [0.1, 0.15) is 9.79 Å². The molecule has 4 rings (SSSR count). The molecule has 0 aliphatic heterocycles. The van der Waals surface area contributed by atoms with Crippen molar-refractivity contribution in [1.82, 2.24) is 0 Å². The molecule has 38 heavy (non-hydrogen) atoms. The van der Waals surface area contributed by atoms with Crippen LogP contribution in [-0.2, 0) is 20.2 Å². The van der Waals surface area contributed by atoms with Crippen LogP contribution in [0.4, 0.5) is 0 Å². The number of hydrogen-bond acceptors (Lipinski definition) is 4. The largest absolute Gasteiger partial charge is 0.295 e. The number of rotatable bonds is 7. The molecule has 0 fully saturated rings. The first kappa shape index (κ1) is 32.4. The summed E-state index contributed by atoms with van der Waals surface area (Å²) < 4.78 is 64.9. The normalized spacial score (nSPS) is 11.7. The van der Waals surface area contributed by atoms with E-state index in [2.05, 4.69) is 0 Å². The van der Waals surface area contributed by atoms with Crippen molar-refractivity contribution >= 4 is 104 Å². The fraction of sp³-hybridized carbons (Fsp3) is 0. The summed E-state index contributed by atoms with van der Waals surface area (Å²) in [6.07, 6.45) is 6.82. The maximum absolute atomic E-state index is 11.5. The molecule has 184 valence electrons. The van der Waals surface area contributed by atoms with E-state index in [0.29, 0.717) is 11.1 Å². The fourth-order valence-corrected chi connectivity index (χ4v) is 5.02. The van der Waals surface area contributed by atoms with Gasteiger partial charge in [-0.1, -0.05) is 109 Å². The van der Waals surface area contributed by atoms with Gasteiger partial charge in [0.25, 0.3) is 20.2 Å². The van der Waals surface area contributed by atoms with Gasteiger partial charge in [-0.05, 0) is 45.5 Å². The zero-order valence-electron chi connectivity index (χ0n) is 20.9. The molecule has 0 amide bonds. The average Bonchev–Trinajstić information content (AvgIpc) is 2.86. The van der Waals surface area contributed by atoms with Gasteiger partial charge in [-0.15, -0.1) is 0 Å². The minimum Gasteiger partial charge on any atom is -0.282 e. The first-order chi connectivity index (χ1) is 17.1. The summed E-state index contributed by atoms with van der Waals surface area (Å²) in [6.45, 7) is 0.